The van der Waals surface area contributed by atoms with E-state index in [2.05, 4.69) is 49.3 Å². The number of anilines is 1. The number of benzene rings is 1. The molecule has 1 N–H and O–H groups in total. The van der Waals surface area contributed by atoms with Crippen molar-refractivity contribution in [2.45, 2.75) is 20.0 Å². The minimum absolute atomic E-state index is 0.764. The third-order valence-corrected chi connectivity index (χ3v) is 3.71. The second-order valence-electron chi connectivity index (χ2n) is 4.53. The summed E-state index contributed by atoms with van der Waals surface area (Å²) in [5.41, 5.74) is 2.49. The molecule has 0 aliphatic carbocycles. The Hall–Kier alpha value is -2.21. The van der Waals surface area contributed by atoms with Gasteiger partial charge in [-0.05, 0) is 18.1 Å². The van der Waals surface area contributed by atoms with Gasteiger partial charge in [0.05, 0.1) is 6.33 Å². The van der Waals surface area contributed by atoms with Crippen LogP contribution in [0.25, 0.3) is 0 Å². The highest BCUT2D eigenvalue weighted by Crippen LogP contribution is 2.15. The molecule has 5 nitrogen and oxygen atoms in total. The van der Waals surface area contributed by atoms with Crippen LogP contribution >= 0.6 is 11.3 Å². The Morgan fingerprint density at radius 2 is 1.95 bits per heavy atom. The molecule has 3 aromatic rings. The molecule has 6 heteroatoms. The highest BCUT2D eigenvalue weighted by Gasteiger charge is 2.00. The average molecular weight is 285 g/mol. The van der Waals surface area contributed by atoms with Gasteiger partial charge in [0.15, 0.2) is 0 Å². The third-order valence-electron chi connectivity index (χ3n) is 2.92. The van der Waals surface area contributed by atoms with Crippen molar-refractivity contribution in [2.75, 3.05) is 5.32 Å². The van der Waals surface area contributed by atoms with Crippen molar-refractivity contribution in [2.24, 2.45) is 0 Å². The summed E-state index contributed by atoms with van der Waals surface area (Å²) in [5, 5.41) is 13.1. The van der Waals surface area contributed by atoms with Crippen molar-refractivity contribution in [3.63, 3.8) is 0 Å². The van der Waals surface area contributed by atoms with Crippen LogP contribution in [0.4, 0.5) is 5.13 Å². The summed E-state index contributed by atoms with van der Waals surface area (Å²) in [4.78, 5) is 4.04. The molecule has 0 saturated carbocycles. The summed E-state index contributed by atoms with van der Waals surface area (Å²) < 4.78 is 2.05. The monoisotopic (exact) mass is 285 g/mol. The second kappa shape index (κ2) is 5.83. The normalized spacial score (nSPS) is 10.7. The Balaban J connectivity index is 1.58. The SMILES string of the molecule is Cc1nnc(NCc2ccc(Cn3ccnc3)cc2)s1. The van der Waals surface area contributed by atoms with E-state index in [0.29, 0.717) is 0 Å². The molecule has 2 heterocycles. The first-order valence-electron chi connectivity index (χ1n) is 6.37. The largest absolute Gasteiger partial charge is 0.356 e. The summed E-state index contributed by atoms with van der Waals surface area (Å²) >= 11 is 1.57. The van der Waals surface area contributed by atoms with Gasteiger partial charge in [0, 0.05) is 25.5 Å². The molecule has 0 atom stereocenters. The van der Waals surface area contributed by atoms with E-state index in [0.717, 1.165) is 23.2 Å². The van der Waals surface area contributed by atoms with E-state index < -0.39 is 0 Å². The van der Waals surface area contributed by atoms with E-state index in [1.807, 2.05) is 19.4 Å². The molecular weight excluding hydrogens is 270 g/mol. The van der Waals surface area contributed by atoms with Crippen LogP contribution in [-0.4, -0.2) is 19.7 Å². The number of rotatable bonds is 5. The van der Waals surface area contributed by atoms with Crippen LogP contribution in [0.5, 0.6) is 0 Å². The molecule has 1 aromatic carbocycles. The fraction of sp³-hybridized carbons (Fsp3) is 0.214. The lowest BCUT2D eigenvalue weighted by molar-refractivity contribution is 0.797. The summed E-state index contributed by atoms with van der Waals surface area (Å²) in [6.07, 6.45) is 5.59. The number of hydrogen-bond donors (Lipinski definition) is 1. The molecule has 0 amide bonds. The van der Waals surface area contributed by atoms with E-state index in [1.165, 1.54) is 11.1 Å². The summed E-state index contributed by atoms with van der Waals surface area (Å²) in [6, 6.07) is 8.55. The molecule has 2 aromatic heterocycles. The number of aryl methyl sites for hydroxylation is 1. The topological polar surface area (TPSA) is 55.6 Å². The predicted molar refractivity (Wildman–Crippen MR) is 79.7 cm³/mol. The molecule has 102 valence electrons. The summed E-state index contributed by atoms with van der Waals surface area (Å²) in [5.74, 6) is 0. The smallest absolute Gasteiger partial charge is 0.205 e. The van der Waals surface area contributed by atoms with Crippen LogP contribution < -0.4 is 5.32 Å². The average Bonchev–Trinajstić information content (AvgIpc) is 3.10. The third kappa shape index (κ3) is 3.21. The molecule has 20 heavy (non-hydrogen) atoms. The Morgan fingerprint density at radius 3 is 2.60 bits per heavy atom. The van der Waals surface area contributed by atoms with Crippen molar-refractivity contribution < 1.29 is 0 Å². The molecule has 3 rings (SSSR count). The fourth-order valence-electron chi connectivity index (χ4n) is 1.90. The molecule has 0 aliphatic heterocycles. The van der Waals surface area contributed by atoms with Gasteiger partial charge in [0.1, 0.15) is 5.01 Å². The van der Waals surface area contributed by atoms with E-state index in [1.54, 1.807) is 17.5 Å². The minimum atomic E-state index is 0.764. The minimum Gasteiger partial charge on any atom is -0.356 e. The Kier molecular flexibility index (Phi) is 3.73. The van der Waals surface area contributed by atoms with E-state index >= 15 is 0 Å². The van der Waals surface area contributed by atoms with Gasteiger partial charge < -0.3 is 9.88 Å². The number of nitrogens with zero attached hydrogens (tertiary/aromatic N) is 4. The molecule has 0 radical (unpaired) electrons. The summed E-state index contributed by atoms with van der Waals surface area (Å²) in [7, 11) is 0. The van der Waals surface area contributed by atoms with Crippen LogP contribution in [0.15, 0.2) is 43.0 Å². The Labute approximate surface area is 121 Å². The van der Waals surface area contributed by atoms with Gasteiger partial charge >= 0.3 is 0 Å². The van der Waals surface area contributed by atoms with Gasteiger partial charge in [-0.2, -0.15) is 0 Å². The maximum Gasteiger partial charge on any atom is 0.205 e. The second-order valence-corrected chi connectivity index (χ2v) is 5.71. The maximum atomic E-state index is 4.05. The van der Waals surface area contributed by atoms with Crippen LogP contribution in [0.1, 0.15) is 16.1 Å². The molecule has 0 bridgehead atoms. The zero-order chi connectivity index (χ0) is 13.8. The molecule has 0 spiro atoms. The van der Waals surface area contributed by atoms with Gasteiger partial charge in [-0.1, -0.05) is 35.6 Å². The van der Waals surface area contributed by atoms with Crippen LogP contribution in [-0.2, 0) is 13.1 Å². The fourth-order valence-corrected chi connectivity index (χ4v) is 2.49. The van der Waals surface area contributed by atoms with Crippen LogP contribution in [0.2, 0.25) is 0 Å². The van der Waals surface area contributed by atoms with E-state index in [9.17, 15) is 0 Å². The lowest BCUT2D eigenvalue weighted by Gasteiger charge is -2.05. The van der Waals surface area contributed by atoms with Crippen LogP contribution in [0.3, 0.4) is 0 Å². The van der Waals surface area contributed by atoms with Crippen molar-refractivity contribution in [3.8, 4) is 0 Å². The van der Waals surface area contributed by atoms with Gasteiger partial charge in [0.2, 0.25) is 5.13 Å². The highest BCUT2D eigenvalue weighted by molar-refractivity contribution is 7.15. The molecule has 0 unspecified atom stereocenters. The van der Waals surface area contributed by atoms with E-state index in [4.69, 9.17) is 0 Å². The lowest BCUT2D eigenvalue weighted by atomic mass is 10.1. The molecule has 0 saturated heterocycles. The molecular formula is C14H15N5S. The lowest BCUT2D eigenvalue weighted by Crippen LogP contribution is -2.00. The predicted octanol–water partition coefficient (Wildman–Crippen LogP) is 2.70. The number of aromatic nitrogens is 4. The number of hydrogen-bond acceptors (Lipinski definition) is 5. The Bertz CT molecular complexity index is 657. The first-order chi connectivity index (χ1) is 9.79. The molecule has 0 fully saturated rings. The zero-order valence-electron chi connectivity index (χ0n) is 11.2. The van der Waals surface area contributed by atoms with Crippen LogP contribution in [0, 0.1) is 6.92 Å². The first-order valence-corrected chi connectivity index (χ1v) is 7.19. The van der Waals surface area contributed by atoms with Gasteiger partial charge in [-0.25, -0.2) is 4.98 Å². The van der Waals surface area contributed by atoms with Gasteiger partial charge in [0.25, 0.3) is 0 Å². The van der Waals surface area contributed by atoms with Crippen molar-refractivity contribution in [3.05, 3.63) is 59.1 Å². The Morgan fingerprint density at radius 1 is 1.15 bits per heavy atom. The van der Waals surface area contributed by atoms with Gasteiger partial charge in [-0.3, -0.25) is 0 Å². The number of imidazole rings is 1. The van der Waals surface area contributed by atoms with Crippen molar-refractivity contribution in [1.29, 1.82) is 0 Å². The number of nitrogens with one attached hydrogen (secondary N) is 1. The maximum absolute atomic E-state index is 4.05. The standard InChI is InChI=1S/C14H15N5S/c1-11-17-18-14(20-11)16-8-12-2-4-13(5-3-12)9-19-7-6-15-10-19/h2-7,10H,8-9H2,1H3,(H,16,18). The van der Waals surface area contributed by atoms with Crippen molar-refractivity contribution in [1.82, 2.24) is 19.7 Å². The zero-order valence-corrected chi connectivity index (χ0v) is 12.0. The van der Waals surface area contributed by atoms with Gasteiger partial charge in [-0.15, -0.1) is 10.2 Å². The highest BCUT2D eigenvalue weighted by atomic mass is 32.1. The van der Waals surface area contributed by atoms with Crippen molar-refractivity contribution >= 4 is 16.5 Å². The van der Waals surface area contributed by atoms with E-state index in [-0.39, 0.29) is 0 Å². The quantitative estimate of drug-likeness (QED) is 0.783. The first kappa shape index (κ1) is 12.8. The molecule has 0 aliphatic rings. The summed E-state index contributed by atoms with van der Waals surface area (Å²) in [6.45, 7) is 3.57.